The third kappa shape index (κ3) is 34.1. The second-order valence-corrected chi connectivity index (χ2v) is 15.0. The smallest absolute Gasteiger partial charge is 0.306 e. The predicted octanol–water partition coefficient (Wildman–Crippen LogP) is 9.16. The van der Waals surface area contributed by atoms with Crippen LogP contribution < -0.4 is 4.89 Å². The van der Waals surface area contributed by atoms with Crippen LogP contribution in [-0.4, -0.2) is 70.0 Å². The van der Waals surface area contributed by atoms with Crippen molar-refractivity contribution in [3.63, 3.8) is 0 Å². The number of ether oxygens (including phenoxy) is 2. The SMILES string of the molecule is CCCCC/C=C/C/C=C/C/C=C/CCCCC(=O)O[C@H](COC(=O)CCCCCCCCCCC)COP(=O)([O-])OCC[N+](C)(C)C. The van der Waals surface area contributed by atoms with E-state index in [2.05, 4.69) is 50.3 Å². The van der Waals surface area contributed by atoms with Crippen LogP contribution in [0.4, 0.5) is 0 Å². The van der Waals surface area contributed by atoms with Gasteiger partial charge in [0.2, 0.25) is 0 Å². The summed E-state index contributed by atoms with van der Waals surface area (Å²) < 4.78 is 33.6. The predicted molar refractivity (Wildman–Crippen MR) is 194 cm³/mol. The number of phosphoric ester groups is 1. The number of esters is 2. The Bertz CT molecular complexity index is 928. The molecule has 0 saturated carbocycles. The summed E-state index contributed by atoms with van der Waals surface area (Å²) in [6.45, 7) is 4.10. The lowest BCUT2D eigenvalue weighted by molar-refractivity contribution is -0.870. The average Bonchev–Trinajstić information content (AvgIpc) is 3.02. The molecule has 0 N–H and O–H groups in total. The van der Waals surface area contributed by atoms with E-state index in [1.54, 1.807) is 0 Å². The van der Waals surface area contributed by atoms with Gasteiger partial charge in [0, 0.05) is 12.8 Å². The molecule has 10 heteroatoms. The molecule has 0 aromatic rings. The van der Waals surface area contributed by atoms with Crippen molar-refractivity contribution in [2.75, 3.05) is 47.5 Å². The number of nitrogens with zero attached hydrogens (tertiary/aromatic N) is 1. The van der Waals surface area contributed by atoms with E-state index in [9.17, 15) is 19.0 Å². The van der Waals surface area contributed by atoms with E-state index >= 15 is 0 Å². The molecule has 0 aliphatic rings. The number of quaternary nitrogens is 1. The van der Waals surface area contributed by atoms with Crippen molar-refractivity contribution in [2.45, 2.75) is 148 Å². The molecule has 0 saturated heterocycles. The van der Waals surface area contributed by atoms with Crippen molar-refractivity contribution < 1.29 is 42.1 Å². The topological polar surface area (TPSA) is 111 Å². The number of rotatable bonds is 33. The minimum atomic E-state index is -4.62. The van der Waals surface area contributed by atoms with Crippen LogP contribution >= 0.6 is 7.82 Å². The summed E-state index contributed by atoms with van der Waals surface area (Å²) in [5, 5.41) is 0. The van der Waals surface area contributed by atoms with Gasteiger partial charge in [-0.15, -0.1) is 0 Å². The van der Waals surface area contributed by atoms with Crippen molar-refractivity contribution in [3.05, 3.63) is 36.5 Å². The Morgan fingerprint density at radius 2 is 1.12 bits per heavy atom. The molecule has 280 valence electrons. The van der Waals surface area contributed by atoms with E-state index in [0.29, 0.717) is 17.4 Å². The van der Waals surface area contributed by atoms with Crippen molar-refractivity contribution >= 4 is 19.8 Å². The van der Waals surface area contributed by atoms with E-state index < -0.39 is 32.5 Å². The number of phosphoric acid groups is 1. The van der Waals surface area contributed by atoms with Gasteiger partial charge in [-0.1, -0.05) is 115 Å². The van der Waals surface area contributed by atoms with E-state index in [1.807, 2.05) is 21.1 Å². The van der Waals surface area contributed by atoms with Crippen LogP contribution in [0.2, 0.25) is 0 Å². The van der Waals surface area contributed by atoms with Gasteiger partial charge in [0.05, 0.1) is 27.7 Å². The van der Waals surface area contributed by atoms with E-state index in [1.165, 1.54) is 57.8 Å². The van der Waals surface area contributed by atoms with Crippen LogP contribution in [0.25, 0.3) is 0 Å². The maximum absolute atomic E-state index is 12.6. The van der Waals surface area contributed by atoms with Crippen molar-refractivity contribution in [3.8, 4) is 0 Å². The molecule has 0 heterocycles. The van der Waals surface area contributed by atoms with Crippen LogP contribution in [0.5, 0.6) is 0 Å². The number of carbonyl (C=O) groups excluding carboxylic acids is 2. The van der Waals surface area contributed by atoms with Crippen LogP contribution in [0, 0.1) is 0 Å². The molecule has 48 heavy (non-hydrogen) atoms. The Morgan fingerprint density at radius 1 is 0.646 bits per heavy atom. The minimum Gasteiger partial charge on any atom is -0.756 e. The van der Waals surface area contributed by atoms with Crippen LogP contribution in [0.1, 0.15) is 142 Å². The van der Waals surface area contributed by atoms with Gasteiger partial charge in [0.15, 0.2) is 6.10 Å². The number of allylic oxidation sites excluding steroid dienone is 6. The first-order valence-corrected chi connectivity index (χ1v) is 20.2. The lowest BCUT2D eigenvalue weighted by Crippen LogP contribution is -2.37. The van der Waals surface area contributed by atoms with E-state index in [0.717, 1.165) is 51.4 Å². The highest BCUT2D eigenvalue weighted by atomic mass is 31.2. The highest BCUT2D eigenvalue weighted by molar-refractivity contribution is 7.45. The first-order chi connectivity index (χ1) is 23.0. The molecular formula is C38H70NO8P. The average molecular weight is 700 g/mol. The number of hydrogen-bond donors (Lipinski definition) is 0. The molecule has 0 amide bonds. The van der Waals surface area contributed by atoms with Gasteiger partial charge in [-0.25, -0.2) is 0 Å². The Kier molecular flexibility index (Phi) is 30.1. The molecule has 0 aromatic heterocycles. The number of carbonyl (C=O) groups is 2. The number of likely N-dealkylation sites (N-methyl/N-ethyl adjacent to an activating group) is 1. The number of unbranched alkanes of at least 4 members (excludes halogenated alkanes) is 13. The van der Waals surface area contributed by atoms with E-state index in [-0.39, 0.29) is 26.1 Å². The highest BCUT2D eigenvalue weighted by Crippen LogP contribution is 2.38. The molecule has 9 nitrogen and oxygen atoms in total. The summed E-state index contributed by atoms with van der Waals surface area (Å²) in [6.07, 6.45) is 31.8. The van der Waals surface area contributed by atoms with Gasteiger partial charge in [0.25, 0.3) is 7.82 Å². The first kappa shape index (κ1) is 46.2. The maximum Gasteiger partial charge on any atom is 0.306 e. The molecule has 0 aromatic carbocycles. The fourth-order valence-electron chi connectivity index (χ4n) is 4.66. The summed E-state index contributed by atoms with van der Waals surface area (Å²) in [7, 11) is 1.14. The third-order valence-corrected chi connectivity index (χ3v) is 8.63. The van der Waals surface area contributed by atoms with Crippen LogP contribution in [-0.2, 0) is 32.7 Å². The zero-order valence-electron chi connectivity index (χ0n) is 31.2. The quantitative estimate of drug-likeness (QED) is 0.0219. The molecule has 1 unspecified atom stereocenters. The highest BCUT2D eigenvalue weighted by Gasteiger charge is 2.21. The second-order valence-electron chi connectivity index (χ2n) is 13.6. The molecule has 0 aliphatic heterocycles. The lowest BCUT2D eigenvalue weighted by atomic mass is 10.1. The van der Waals surface area contributed by atoms with Gasteiger partial charge in [-0.05, 0) is 51.4 Å². The Morgan fingerprint density at radius 3 is 1.71 bits per heavy atom. The fraction of sp³-hybridized carbons (Fsp3) is 0.789. The van der Waals surface area contributed by atoms with Gasteiger partial charge < -0.3 is 27.9 Å². The van der Waals surface area contributed by atoms with Gasteiger partial charge in [0.1, 0.15) is 19.8 Å². The first-order valence-electron chi connectivity index (χ1n) is 18.7. The summed E-state index contributed by atoms with van der Waals surface area (Å²) >= 11 is 0. The number of hydrogen-bond acceptors (Lipinski definition) is 8. The molecule has 0 spiro atoms. The Balaban J connectivity index is 4.53. The van der Waals surface area contributed by atoms with Crippen molar-refractivity contribution in [2.24, 2.45) is 0 Å². The fourth-order valence-corrected chi connectivity index (χ4v) is 5.39. The monoisotopic (exact) mass is 699 g/mol. The summed E-state index contributed by atoms with van der Waals surface area (Å²) in [5.74, 6) is -0.885. The molecule has 0 radical (unpaired) electrons. The van der Waals surface area contributed by atoms with Crippen LogP contribution in [0.15, 0.2) is 36.5 Å². The largest absolute Gasteiger partial charge is 0.756 e. The maximum atomic E-state index is 12.6. The Hall–Kier alpha value is -1.77. The Labute approximate surface area is 293 Å². The summed E-state index contributed by atoms with van der Waals surface area (Å²) in [5.41, 5.74) is 0. The second kappa shape index (κ2) is 31.2. The molecule has 0 bridgehead atoms. The molecule has 2 atom stereocenters. The normalized spacial score (nSPS) is 14.2. The zero-order valence-corrected chi connectivity index (χ0v) is 32.1. The molecular weight excluding hydrogens is 629 g/mol. The summed E-state index contributed by atoms with van der Waals surface area (Å²) in [6, 6.07) is 0. The van der Waals surface area contributed by atoms with E-state index in [4.69, 9.17) is 18.5 Å². The van der Waals surface area contributed by atoms with Crippen LogP contribution in [0.3, 0.4) is 0 Å². The lowest BCUT2D eigenvalue weighted by Gasteiger charge is -2.28. The minimum absolute atomic E-state index is 0.0380. The molecule has 0 rings (SSSR count). The standard InChI is InChI=1S/C38H70NO8P/c1-6-8-10-12-14-16-17-18-19-20-21-23-25-27-29-31-38(41)47-36(35-46-48(42,43)45-33-32-39(3,4)5)34-44-37(40)30-28-26-24-22-15-13-11-9-7-2/h14,16,18-19,21,23,36H,6-13,15,17,20,22,24-35H2,1-5H3/b16-14+,19-18+,23-21+/t36-/m1/s1. The molecule has 0 fully saturated rings. The summed E-state index contributed by atoms with van der Waals surface area (Å²) in [4.78, 5) is 37.2. The van der Waals surface area contributed by atoms with Crippen molar-refractivity contribution in [1.29, 1.82) is 0 Å². The van der Waals surface area contributed by atoms with Crippen molar-refractivity contribution in [1.82, 2.24) is 0 Å². The third-order valence-electron chi connectivity index (χ3n) is 7.66. The zero-order chi connectivity index (χ0) is 35.8. The van der Waals surface area contributed by atoms with Gasteiger partial charge in [-0.2, -0.15) is 0 Å². The van der Waals surface area contributed by atoms with Gasteiger partial charge in [-0.3, -0.25) is 14.2 Å². The van der Waals surface area contributed by atoms with Gasteiger partial charge >= 0.3 is 11.9 Å². The molecule has 0 aliphatic carbocycles.